The van der Waals surface area contributed by atoms with Gasteiger partial charge in [0.1, 0.15) is 22.9 Å². The lowest BCUT2D eigenvalue weighted by Crippen LogP contribution is -2.13. The van der Waals surface area contributed by atoms with Gasteiger partial charge in [-0.1, -0.05) is 36.4 Å². The first-order valence-electron chi connectivity index (χ1n) is 7.30. The molecule has 3 aromatic carbocycles. The maximum Gasteiger partial charge on any atom is 0.291 e. The molecule has 4 aromatic rings. The summed E-state index contributed by atoms with van der Waals surface area (Å²) in [4.78, 5) is 12.3. The Bertz CT molecular complexity index is 1070. The number of fused-ring (bicyclic) bond motifs is 3. The molecule has 24 heavy (non-hydrogen) atoms. The highest BCUT2D eigenvalue weighted by molar-refractivity contribution is 6.10. The van der Waals surface area contributed by atoms with Crippen LogP contribution in [0.25, 0.3) is 21.7 Å². The van der Waals surface area contributed by atoms with E-state index in [4.69, 9.17) is 4.42 Å². The number of furan rings is 1. The zero-order valence-corrected chi connectivity index (χ0v) is 12.3. The predicted molar refractivity (Wildman–Crippen MR) is 88.0 cm³/mol. The average Bonchev–Trinajstić information content (AvgIpc) is 3.03. The Balaban J connectivity index is 1.76. The van der Waals surface area contributed by atoms with Gasteiger partial charge in [-0.25, -0.2) is 8.78 Å². The fourth-order valence-electron chi connectivity index (χ4n) is 2.70. The smallest absolute Gasteiger partial charge is 0.291 e. The molecule has 0 spiro atoms. The second-order valence-corrected chi connectivity index (χ2v) is 5.36. The van der Waals surface area contributed by atoms with E-state index in [1.807, 2.05) is 30.3 Å². The van der Waals surface area contributed by atoms with Gasteiger partial charge in [0.05, 0.1) is 0 Å². The van der Waals surface area contributed by atoms with E-state index in [1.165, 1.54) is 6.07 Å². The van der Waals surface area contributed by atoms with E-state index in [9.17, 15) is 13.6 Å². The molecule has 118 valence electrons. The van der Waals surface area contributed by atoms with Crippen molar-refractivity contribution in [2.75, 3.05) is 5.32 Å². The third-order valence-corrected chi connectivity index (χ3v) is 3.85. The minimum absolute atomic E-state index is 0.0102. The monoisotopic (exact) mass is 323 g/mol. The zero-order valence-electron chi connectivity index (χ0n) is 12.3. The summed E-state index contributed by atoms with van der Waals surface area (Å²) in [6.07, 6.45) is 0. The van der Waals surface area contributed by atoms with Crippen LogP contribution in [0.4, 0.5) is 14.5 Å². The maximum absolute atomic E-state index is 13.7. The molecule has 4 rings (SSSR count). The Labute approximate surface area is 135 Å². The number of carbonyl (C=O) groups excluding carboxylic acids is 1. The number of para-hydroxylation sites is 1. The van der Waals surface area contributed by atoms with Crippen molar-refractivity contribution in [1.29, 1.82) is 0 Å². The molecule has 0 bridgehead atoms. The third kappa shape index (κ3) is 2.31. The molecule has 0 radical (unpaired) electrons. The van der Waals surface area contributed by atoms with Crippen LogP contribution in [0.3, 0.4) is 0 Å². The van der Waals surface area contributed by atoms with Gasteiger partial charge in [0.2, 0.25) is 0 Å². The molecule has 0 fully saturated rings. The molecule has 0 atom stereocenters. The second kappa shape index (κ2) is 5.45. The Morgan fingerprint density at radius 1 is 0.875 bits per heavy atom. The van der Waals surface area contributed by atoms with Crippen LogP contribution in [0.2, 0.25) is 0 Å². The summed E-state index contributed by atoms with van der Waals surface area (Å²) >= 11 is 0. The summed E-state index contributed by atoms with van der Waals surface area (Å²) in [6, 6.07) is 16.3. The lowest BCUT2D eigenvalue weighted by atomic mass is 10.1. The van der Waals surface area contributed by atoms with Crippen molar-refractivity contribution in [3.8, 4) is 0 Å². The molecule has 0 aliphatic heterocycles. The van der Waals surface area contributed by atoms with Crippen LogP contribution in [-0.4, -0.2) is 5.91 Å². The normalized spacial score (nSPS) is 11.1. The lowest BCUT2D eigenvalue weighted by molar-refractivity contribution is 0.0997. The number of halogens is 2. The van der Waals surface area contributed by atoms with Crippen LogP contribution in [-0.2, 0) is 0 Å². The SMILES string of the molecule is O=C(Nc1c(F)cccc1F)c1cc2c(ccc3ccccc32)o1. The zero-order chi connectivity index (χ0) is 16.7. The van der Waals surface area contributed by atoms with Crippen molar-refractivity contribution in [2.45, 2.75) is 0 Å². The van der Waals surface area contributed by atoms with E-state index >= 15 is 0 Å². The van der Waals surface area contributed by atoms with E-state index in [0.717, 1.165) is 28.3 Å². The van der Waals surface area contributed by atoms with Crippen LogP contribution >= 0.6 is 0 Å². The summed E-state index contributed by atoms with van der Waals surface area (Å²) < 4.78 is 32.8. The molecule has 1 N–H and O–H groups in total. The Morgan fingerprint density at radius 3 is 2.42 bits per heavy atom. The predicted octanol–water partition coefficient (Wildman–Crippen LogP) is 5.12. The number of amides is 1. The molecule has 0 unspecified atom stereocenters. The summed E-state index contributed by atoms with van der Waals surface area (Å²) in [5.74, 6) is -2.40. The number of carbonyl (C=O) groups is 1. The van der Waals surface area contributed by atoms with Gasteiger partial charge < -0.3 is 9.73 Å². The third-order valence-electron chi connectivity index (χ3n) is 3.85. The number of benzene rings is 3. The number of anilines is 1. The van der Waals surface area contributed by atoms with E-state index < -0.39 is 23.2 Å². The minimum atomic E-state index is -0.843. The number of rotatable bonds is 2. The van der Waals surface area contributed by atoms with Crippen molar-refractivity contribution in [3.05, 3.63) is 78.1 Å². The largest absolute Gasteiger partial charge is 0.451 e. The van der Waals surface area contributed by atoms with E-state index in [-0.39, 0.29) is 5.76 Å². The van der Waals surface area contributed by atoms with Gasteiger partial charge >= 0.3 is 0 Å². The Hall–Kier alpha value is -3.21. The maximum atomic E-state index is 13.7. The van der Waals surface area contributed by atoms with Gasteiger partial charge in [-0.3, -0.25) is 4.79 Å². The van der Waals surface area contributed by atoms with Crippen molar-refractivity contribution < 1.29 is 18.0 Å². The second-order valence-electron chi connectivity index (χ2n) is 5.36. The van der Waals surface area contributed by atoms with Crippen molar-refractivity contribution in [2.24, 2.45) is 0 Å². The molecule has 0 aliphatic carbocycles. The molecule has 1 heterocycles. The molecule has 3 nitrogen and oxygen atoms in total. The molecule has 1 aromatic heterocycles. The first kappa shape index (κ1) is 14.4. The summed E-state index contributed by atoms with van der Waals surface area (Å²) in [5.41, 5.74) is 0.0423. The first-order valence-corrected chi connectivity index (χ1v) is 7.30. The van der Waals surface area contributed by atoms with E-state index in [0.29, 0.717) is 5.58 Å². The molecule has 0 saturated carbocycles. The summed E-state index contributed by atoms with van der Waals surface area (Å²) in [5, 5.41) is 4.94. The quantitative estimate of drug-likeness (QED) is 0.556. The molecule has 5 heteroatoms. The molecular weight excluding hydrogens is 312 g/mol. The topological polar surface area (TPSA) is 42.2 Å². The molecule has 1 amide bonds. The van der Waals surface area contributed by atoms with Crippen LogP contribution in [0.5, 0.6) is 0 Å². The fourth-order valence-corrected chi connectivity index (χ4v) is 2.70. The number of nitrogens with one attached hydrogen (secondary N) is 1. The highest BCUT2D eigenvalue weighted by Crippen LogP contribution is 2.29. The molecular formula is C19H11F2NO2. The fraction of sp³-hybridized carbons (Fsp3) is 0. The van der Waals surface area contributed by atoms with Crippen LogP contribution in [0.15, 0.2) is 65.1 Å². The minimum Gasteiger partial charge on any atom is -0.451 e. The Kier molecular flexibility index (Phi) is 3.27. The Morgan fingerprint density at radius 2 is 1.62 bits per heavy atom. The van der Waals surface area contributed by atoms with Gasteiger partial charge in [-0.2, -0.15) is 0 Å². The average molecular weight is 323 g/mol. The van der Waals surface area contributed by atoms with Gasteiger partial charge in [-0.05, 0) is 35.0 Å². The first-order chi connectivity index (χ1) is 11.6. The summed E-state index contributed by atoms with van der Waals surface area (Å²) in [7, 11) is 0. The standard InChI is InChI=1S/C19H11F2NO2/c20-14-6-3-7-15(21)18(14)22-19(23)17-10-13-12-5-2-1-4-11(12)8-9-16(13)24-17/h1-10H,(H,22,23). The van der Waals surface area contributed by atoms with Gasteiger partial charge in [0, 0.05) is 5.39 Å². The summed E-state index contributed by atoms with van der Waals surface area (Å²) in [6.45, 7) is 0. The van der Waals surface area contributed by atoms with Crippen molar-refractivity contribution in [3.63, 3.8) is 0 Å². The lowest BCUT2D eigenvalue weighted by Gasteiger charge is -2.05. The molecule has 0 saturated heterocycles. The van der Waals surface area contributed by atoms with Crippen molar-refractivity contribution >= 4 is 33.3 Å². The van der Waals surface area contributed by atoms with E-state index in [1.54, 1.807) is 12.1 Å². The van der Waals surface area contributed by atoms with Gasteiger partial charge in [-0.15, -0.1) is 0 Å². The van der Waals surface area contributed by atoms with Crippen LogP contribution in [0, 0.1) is 11.6 Å². The van der Waals surface area contributed by atoms with Gasteiger partial charge in [0.25, 0.3) is 5.91 Å². The highest BCUT2D eigenvalue weighted by atomic mass is 19.1. The molecule has 0 aliphatic rings. The van der Waals surface area contributed by atoms with Crippen LogP contribution < -0.4 is 5.32 Å². The highest BCUT2D eigenvalue weighted by Gasteiger charge is 2.17. The van der Waals surface area contributed by atoms with E-state index in [2.05, 4.69) is 5.32 Å². The van der Waals surface area contributed by atoms with Crippen molar-refractivity contribution in [1.82, 2.24) is 0 Å². The van der Waals surface area contributed by atoms with Gasteiger partial charge in [0.15, 0.2) is 5.76 Å². The van der Waals surface area contributed by atoms with Crippen LogP contribution in [0.1, 0.15) is 10.6 Å². The number of hydrogen-bond donors (Lipinski definition) is 1. The number of hydrogen-bond acceptors (Lipinski definition) is 2.